The van der Waals surface area contributed by atoms with Gasteiger partial charge in [0, 0.05) is 0 Å². The van der Waals surface area contributed by atoms with E-state index in [9.17, 15) is 15.0 Å². The van der Waals surface area contributed by atoms with Crippen LogP contribution in [-0.2, 0) is 4.74 Å². The summed E-state index contributed by atoms with van der Waals surface area (Å²) in [6.45, 7) is -0.460. The largest absolute Gasteiger partial charge is 0.394 e. The molecule has 1 aliphatic heterocycles. The molecule has 20 heavy (non-hydrogen) atoms. The standard InChI is InChI=1S/C9H12N6O5/c10-7-12-8-14(2-11-15(8)9(19)13-7)6-5(18)4(17)3(1-16)20-6/h2-6,16-18H,1H2,(H2,10,13,19)/t3-,4?,5?,6-/m1/s1. The lowest BCUT2D eigenvalue weighted by molar-refractivity contribution is -0.0512. The second-order valence-electron chi connectivity index (χ2n) is 4.34. The normalized spacial score (nSPS) is 30.1. The monoisotopic (exact) mass is 284 g/mol. The molecule has 0 bridgehead atoms. The van der Waals surface area contributed by atoms with Crippen LogP contribution in [0.5, 0.6) is 0 Å². The molecule has 1 saturated heterocycles. The highest BCUT2D eigenvalue weighted by Crippen LogP contribution is 2.29. The first-order valence-electron chi connectivity index (χ1n) is 5.74. The molecule has 0 amide bonds. The molecule has 0 spiro atoms. The number of nitrogens with zero attached hydrogens (tertiary/aromatic N) is 5. The number of rotatable bonds is 2. The van der Waals surface area contributed by atoms with Gasteiger partial charge in [-0.2, -0.15) is 15.1 Å². The number of aliphatic hydroxyl groups is 3. The van der Waals surface area contributed by atoms with Crippen LogP contribution in [0.15, 0.2) is 11.1 Å². The van der Waals surface area contributed by atoms with Crippen LogP contribution in [-0.4, -0.2) is 64.4 Å². The van der Waals surface area contributed by atoms with Gasteiger partial charge >= 0.3 is 5.69 Å². The minimum atomic E-state index is -1.31. The highest BCUT2D eigenvalue weighted by atomic mass is 16.6. The fourth-order valence-electron chi connectivity index (χ4n) is 2.12. The highest BCUT2D eigenvalue weighted by molar-refractivity contribution is 5.32. The molecule has 0 aromatic carbocycles. The van der Waals surface area contributed by atoms with Gasteiger partial charge in [-0.1, -0.05) is 0 Å². The summed E-state index contributed by atoms with van der Waals surface area (Å²) in [6, 6.07) is 0. The Labute approximate surface area is 110 Å². The van der Waals surface area contributed by atoms with Crippen LogP contribution < -0.4 is 11.4 Å². The topological polar surface area (TPSA) is 161 Å². The average molecular weight is 284 g/mol. The van der Waals surface area contributed by atoms with Crippen molar-refractivity contribution in [3.63, 3.8) is 0 Å². The third-order valence-corrected chi connectivity index (χ3v) is 3.11. The van der Waals surface area contributed by atoms with Crippen LogP contribution >= 0.6 is 0 Å². The quantitative estimate of drug-likeness (QED) is 0.438. The summed E-state index contributed by atoms with van der Waals surface area (Å²) in [4.78, 5) is 18.8. The van der Waals surface area contributed by atoms with Crippen molar-refractivity contribution in [2.24, 2.45) is 0 Å². The smallest absolute Gasteiger partial charge is 0.374 e. The molecule has 1 aliphatic rings. The third kappa shape index (κ3) is 1.76. The fourth-order valence-corrected chi connectivity index (χ4v) is 2.12. The van der Waals surface area contributed by atoms with Gasteiger partial charge < -0.3 is 25.8 Å². The Bertz CT molecular complexity index is 698. The van der Waals surface area contributed by atoms with Crippen molar-refractivity contribution in [2.75, 3.05) is 12.3 Å². The Kier molecular flexibility index (Phi) is 2.90. The Morgan fingerprint density at radius 1 is 1.35 bits per heavy atom. The number of nitrogens with two attached hydrogens (primary N) is 1. The summed E-state index contributed by atoms with van der Waals surface area (Å²) >= 11 is 0. The number of aliphatic hydroxyl groups excluding tert-OH is 3. The van der Waals surface area contributed by atoms with Gasteiger partial charge in [0.15, 0.2) is 6.23 Å². The SMILES string of the molecule is Nc1nc(=O)n2ncn([C@@H]3O[C@H](CO)C(O)C3O)c2n1. The Morgan fingerprint density at radius 2 is 2.10 bits per heavy atom. The molecule has 0 aliphatic carbocycles. The van der Waals surface area contributed by atoms with E-state index in [0.29, 0.717) is 0 Å². The van der Waals surface area contributed by atoms with Crippen LogP contribution in [0, 0.1) is 0 Å². The second-order valence-corrected chi connectivity index (χ2v) is 4.34. The van der Waals surface area contributed by atoms with Crippen LogP contribution in [0.3, 0.4) is 0 Å². The van der Waals surface area contributed by atoms with Gasteiger partial charge in [0.25, 0.3) is 0 Å². The zero-order valence-electron chi connectivity index (χ0n) is 10.1. The lowest BCUT2D eigenvalue weighted by Crippen LogP contribution is -2.33. The van der Waals surface area contributed by atoms with Crippen molar-refractivity contribution in [1.29, 1.82) is 0 Å². The minimum absolute atomic E-state index is 0.0114. The summed E-state index contributed by atoms with van der Waals surface area (Å²) < 4.78 is 7.44. The van der Waals surface area contributed by atoms with Crippen LogP contribution in [0.25, 0.3) is 5.78 Å². The Morgan fingerprint density at radius 3 is 2.75 bits per heavy atom. The lowest BCUT2D eigenvalue weighted by Gasteiger charge is -2.15. The van der Waals surface area contributed by atoms with Gasteiger partial charge in [-0.3, -0.25) is 4.57 Å². The predicted molar refractivity (Wildman–Crippen MR) is 62.5 cm³/mol. The molecule has 5 N–H and O–H groups in total. The lowest BCUT2D eigenvalue weighted by atomic mass is 10.1. The second kappa shape index (κ2) is 4.49. The van der Waals surface area contributed by atoms with E-state index < -0.39 is 36.8 Å². The van der Waals surface area contributed by atoms with Gasteiger partial charge in [-0.25, -0.2) is 4.79 Å². The third-order valence-electron chi connectivity index (χ3n) is 3.11. The van der Waals surface area contributed by atoms with E-state index in [1.807, 2.05) is 0 Å². The number of ether oxygens (including phenoxy) is 1. The van der Waals surface area contributed by atoms with E-state index >= 15 is 0 Å². The predicted octanol–water partition coefficient (Wildman–Crippen LogP) is -3.52. The van der Waals surface area contributed by atoms with E-state index in [4.69, 9.17) is 15.6 Å². The zero-order valence-corrected chi connectivity index (χ0v) is 10.1. The summed E-state index contributed by atoms with van der Waals surface area (Å²) in [6.07, 6.45) is -3.36. The maximum Gasteiger partial charge on any atom is 0.374 e. The molecular weight excluding hydrogens is 272 g/mol. The van der Waals surface area contributed by atoms with E-state index in [0.717, 1.165) is 4.52 Å². The first-order valence-corrected chi connectivity index (χ1v) is 5.74. The molecule has 0 saturated carbocycles. The van der Waals surface area contributed by atoms with Crippen LogP contribution in [0.1, 0.15) is 6.23 Å². The average Bonchev–Trinajstić information content (AvgIpc) is 2.93. The van der Waals surface area contributed by atoms with E-state index in [1.54, 1.807) is 0 Å². The summed E-state index contributed by atoms with van der Waals surface area (Å²) in [5, 5.41) is 32.5. The van der Waals surface area contributed by atoms with Gasteiger partial charge in [0.05, 0.1) is 6.61 Å². The molecule has 3 heterocycles. The highest BCUT2D eigenvalue weighted by Gasteiger charge is 2.44. The summed E-state index contributed by atoms with van der Waals surface area (Å²) in [5.74, 6) is -0.235. The molecule has 2 unspecified atom stereocenters. The molecule has 3 rings (SSSR count). The Hall–Kier alpha value is -2.08. The molecule has 0 radical (unpaired) electrons. The van der Waals surface area contributed by atoms with Gasteiger partial charge in [0.1, 0.15) is 24.6 Å². The number of hydrogen-bond acceptors (Lipinski definition) is 9. The first-order chi connectivity index (χ1) is 9.52. The molecule has 2 aromatic heterocycles. The van der Waals surface area contributed by atoms with Gasteiger partial charge in [-0.05, 0) is 0 Å². The molecule has 2 aromatic rings. The maximum absolute atomic E-state index is 11.6. The zero-order chi connectivity index (χ0) is 14.4. The van der Waals surface area contributed by atoms with E-state index in [1.165, 1.54) is 10.9 Å². The fraction of sp³-hybridized carbons (Fsp3) is 0.556. The molecular formula is C9H12N6O5. The van der Waals surface area contributed by atoms with Gasteiger partial charge in [0.2, 0.25) is 11.7 Å². The van der Waals surface area contributed by atoms with Crippen molar-refractivity contribution in [3.8, 4) is 0 Å². The molecule has 108 valence electrons. The number of hydrogen-bond donors (Lipinski definition) is 4. The number of fused-ring (bicyclic) bond motifs is 1. The first kappa shape index (κ1) is 12.9. The van der Waals surface area contributed by atoms with Crippen molar-refractivity contribution < 1.29 is 20.1 Å². The molecule has 1 fully saturated rings. The van der Waals surface area contributed by atoms with Crippen LogP contribution in [0.2, 0.25) is 0 Å². The summed E-state index contributed by atoms with van der Waals surface area (Å²) in [7, 11) is 0. The number of aromatic nitrogens is 5. The summed E-state index contributed by atoms with van der Waals surface area (Å²) in [5.41, 5.74) is 4.67. The molecule has 11 heteroatoms. The van der Waals surface area contributed by atoms with Crippen molar-refractivity contribution in [3.05, 3.63) is 16.8 Å². The Balaban J connectivity index is 2.09. The maximum atomic E-state index is 11.6. The van der Waals surface area contributed by atoms with Crippen molar-refractivity contribution in [1.82, 2.24) is 24.1 Å². The van der Waals surface area contributed by atoms with Gasteiger partial charge in [-0.15, -0.1) is 4.52 Å². The number of anilines is 1. The van der Waals surface area contributed by atoms with Crippen molar-refractivity contribution >= 4 is 11.7 Å². The molecule has 4 atom stereocenters. The molecule has 11 nitrogen and oxygen atoms in total. The minimum Gasteiger partial charge on any atom is -0.394 e. The van der Waals surface area contributed by atoms with Crippen LogP contribution in [0.4, 0.5) is 5.95 Å². The van der Waals surface area contributed by atoms with E-state index in [-0.39, 0.29) is 11.7 Å². The number of nitrogen functional groups attached to an aromatic ring is 1. The van der Waals surface area contributed by atoms with Crippen molar-refractivity contribution in [2.45, 2.75) is 24.5 Å². The van der Waals surface area contributed by atoms with E-state index in [2.05, 4.69) is 15.1 Å².